The summed E-state index contributed by atoms with van der Waals surface area (Å²) in [7, 11) is -1.70. The summed E-state index contributed by atoms with van der Waals surface area (Å²) < 4.78 is 36.8. The van der Waals surface area contributed by atoms with E-state index in [1.165, 1.54) is 16.4 Å². The minimum atomic E-state index is -3.71. The summed E-state index contributed by atoms with van der Waals surface area (Å²) >= 11 is 0. The Balaban J connectivity index is 1.73. The monoisotopic (exact) mass is 343 g/mol. The summed E-state index contributed by atoms with van der Waals surface area (Å²) in [6, 6.07) is 2.79. The molecule has 0 spiro atoms. The van der Waals surface area contributed by atoms with E-state index in [1.54, 1.807) is 4.90 Å². The van der Waals surface area contributed by atoms with E-state index in [2.05, 4.69) is 4.90 Å². The molecule has 2 fully saturated rings. The molecule has 1 aromatic rings. The Kier molecular flexibility index (Phi) is 4.72. The number of ether oxygens (including phenoxy) is 1. The molecular formula is C14H21N3O5S. The van der Waals surface area contributed by atoms with Crippen molar-refractivity contribution in [1.29, 1.82) is 0 Å². The van der Waals surface area contributed by atoms with Crippen LogP contribution in [0.5, 0.6) is 0 Å². The van der Waals surface area contributed by atoms with Gasteiger partial charge in [0.1, 0.15) is 0 Å². The van der Waals surface area contributed by atoms with Gasteiger partial charge in [0.2, 0.25) is 5.09 Å². The van der Waals surface area contributed by atoms with Gasteiger partial charge in [0.25, 0.3) is 15.9 Å². The maximum atomic E-state index is 12.5. The Bertz CT molecular complexity index is 658. The van der Waals surface area contributed by atoms with Crippen LogP contribution in [0.2, 0.25) is 0 Å². The highest BCUT2D eigenvalue weighted by molar-refractivity contribution is 7.89. The van der Waals surface area contributed by atoms with Crippen molar-refractivity contribution in [2.24, 2.45) is 0 Å². The van der Waals surface area contributed by atoms with Gasteiger partial charge in [-0.25, -0.2) is 8.42 Å². The van der Waals surface area contributed by atoms with Crippen LogP contribution in [-0.2, 0) is 14.8 Å². The van der Waals surface area contributed by atoms with E-state index in [0.29, 0.717) is 39.4 Å². The first kappa shape index (κ1) is 16.4. The second-order valence-electron chi connectivity index (χ2n) is 5.73. The molecule has 3 rings (SSSR count). The molecule has 0 N–H and O–H groups in total. The fourth-order valence-electron chi connectivity index (χ4n) is 2.65. The number of amides is 1. The molecule has 0 saturated carbocycles. The number of carbonyl (C=O) groups is 1. The maximum absolute atomic E-state index is 12.5. The van der Waals surface area contributed by atoms with Gasteiger partial charge in [0, 0.05) is 39.3 Å². The molecule has 2 aliphatic rings. The summed E-state index contributed by atoms with van der Waals surface area (Å²) in [6.45, 7) is 4.15. The van der Waals surface area contributed by atoms with Crippen LogP contribution in [0.3, 0.4) is 0 Å². The maximum Gasteiger partial charge on any atom is 0.289 e. The molecule has 8 nitrogen and oxygen atoms in total. The topological polar surface area (TPSA) is 83.3 Å². The Labute approximate surface area is 135 Å². The number of morpholine rings is 1. The number of hydrogen-bond donors (Lipinski definition) is 0. The van der Waals surface area contributed by atoms with Gasteiger partial charge in [0.15, 0.2) is 5.76 Å². The number of rotatable bonds is 3. The Hall–Kier alpha value is -1.42. The van der Waals surface area contributed by atoms with Crippen molar-refractivity contribution < 1.29 is 22.4 Å². The van der Waals surface area contributed by atoms with E-state index in [4.69, 9.17) is 9.15 Å². The fraction of sp³-hybridized carbons (Fsp3) is 0.643. The van der Waals surface area contributed by atoms with Crippen molar-refractivity contribution in [3.8, 4) is 0 Å². The van der Waals surface area contributed by atoms with Crippen molar-refractivity contribution in [2.45, 2.75) is 5.09 Å². The Morgan fingerprint density at radius 1 is 1.04 bits per heavy atom. The molecule has 0 unspecified atom stereocenters. The van der Waals surface area contributed by atoms with E-state index in [1.807, 2.05) is 7.05 Å². The molecule has 2 saturated heterocycles. The van der Waals surface area contributed by atoms with Crippen LogP contribution < -0.4 is 0 Å². The van der Waals surface area contributed by atoms with Gasteiger partial charge in [-0.1, -0.05) is 0 Å². The third kappa shape index (κ3) is 3.42. The lowest BCUT2D eigenvalue weighted by molar-refractivity contribution is 0.0623. The van der Waals surface area contributed by atoms with Crippen LogP contribution in [0.25, 0.3) is 0 Å². The number of likely N-dealkylation sites (N-methyl/N-ethyl adjacent to an activating group) is 1. The average Bonchev–Trinajstić information content (AvgIpc) is 3.06. The van der Waals surface area contributed by atoms with E-state index in [9.17, 15) is 13.2 Å². The minimum absolute atomic E-state index is 0.0707. The number of sulfonamides is 1. The van der Waals surface area contributed by atoms with Gasteiger partial charge in [0.05, 0.1) is 13.2 Å². The SMILES string of the molecule is CN1CCN(C(=O)c2ccc(S(=O)(=O)N3CCOCC3)o2)CC1. The van der Waals surface area contributed by atoms with E-state index in [0.717, 1.165) is 13.1 Å². The van der Waals surface area contributed by atoms with Gasteiger partial charge in [-0.3, -0.25) is 4.79 Å². The molecule has 0 aromatic carbocycles. The highest BCUT2D eigenvalue weighted by Crippen LogP contribution is 2.21. The number of furan rings is 1. The summed E-state index contributed by atoms with van der Waals surface area (Å²) in [5, 5.41) is -0.183. The second-order valence-corrected chi connectivity index (χ2v) is 7.60. The smallest absolute Gasteiger partial charge is 0.289 e. The predicted molar refractivity (Wildman–Crippen MR) is 81.7 cm³/mol. The molecule has 0 aliphatic carbocycles. The average molecular weight is 343 g/mol. The molecule has 0 radical (unpaired) electrons. The Morgan fingerprint density at radius 3 is 2.35 bits per heavy atom. The standard InChI is InChI=1S/C14H21N3O5S/c1-15-4-6-16(7-5-15)14(18)12-2-3-13(22-12)23(19,20)17-8-10-21-11-9-17/h2-3H,4-11H2,1H3. The second kappa shape index (κ2) is 6.60. The van der Waals surface area contributed by atoms with E-state index < -0.39 is 10.0 Å². The first-order valence-electron chi connectivity index (χ1n) is 7.64. The van der Waals surface area contributed by atoms with Crippen LogP contribution in [0.15, 0.2) is 21.6 Å². The van der Waals surface area contributed by atoms with Gasteiger partial charge in [-0.05, 0) is 19.2 Å². The highest BCUT2D eigenvalue weighted by Gasteiger charge is 2.31. The quantitative estimate of drug-likeness (QED) is 0.749. The summed E-state index contributed by atoms with van der Waals surface area (Å²) in [5.74, 6) is -0.192. The molecule has 0 atom stereocenters. The van der Waals surface area contributed by atoms with E-state index >= 15 is 0 Å². The fourth-order valence-corrected chi connectivity index (χ4v) is 3.97. The molecule has 3 heterocycles. The molecule has 1 amide bonds. The molecular weight excluding hydrogens is 322 g/mol. The number of carbonyl (C=O) groups excluding carboxylic acids is 1. The van der Waals surface area contributed by atoms with Crippen molar-refractivity contribution in [2.75, 3.05) is 59.5 Å². The molecule has 128 valence electrons. The lowest BCUT2D eigenvalue weighted by atomic mass is 10.3. The van der Waals surface area contributed by atoms with Gasteiger partial charge >= 0.3 is 0 Å². The first-order valence-corrected chi connectivity index (χ1v) is 9.08. The highest BCUT2D eigenvalue weighted by atomic mass is 32.2. The van der Waals surface area contributed by atoms with Crippen molar-refractivity contribution >= 4 is 15.9 Å². The summed E-state index contributed by atoms with van der Waals surface area (Å²) in [5.41, 5.74) is 0. The third-order valence-corrected chi connectivity index (χ3v) is 5.92. The number of piperazine rings is 1. The van der Waals surface area contributed by atoms with Crippen LogP contribution in [-0.4, -0.2) is 88.0 Å². The Morgan fingerprint density at radius 2 is 1.70 bits per heavy atom. The van der Waals surface area contributed by atoms with E-state index in [-0.39, 0.29) is 16.8 Å². The van der Waals surface area contributed by atoms with Crippen LogP contribution in [0.4, 0.5) is 0 Å². The van der Waals surface area contributed by atoms with Crippen molar-refractivity contribution in [3.63, 3.8) is 0 Å². The zero-order chi connectivity index (χ0) is 16.4. The first-order chi connectivity index (χ1) is 11.0. The van der Waals surface area contributed by atoms with Crippen LogP contribution >= 0.6 is 0 Å². The van der Waals surface area contributed by atoms with Crippen LogP contribution in [0, 0.1) is 0 Å². The molecule has 0 bridgehead atoms. The van der Waals surface area contributed by atoms with Crippen LogP contribution in [0.1, 0.15) is 10.6 Å². The van der Waals surface area contributed by atoms with Crippen molar-refractivity contribution in [3.05, 3.63) is 17.9 Å². The normalized spacial score (nSPS) is 21.5. The zero-order valence-electron chi connectivity index (χ0n) is 13.1. The largest absolute Gasteiger partial charge is 0.438 e. The lowest BCUT2D eigenvalue weighted by Gasteiger charge is -2.31. The predicted octanol–water partition coefficient (Wildman–Crippen LogP) is -0.312. The zero-order valence-corrected chi connectivity index (χ0v) is 13.9. The molecule has 9 heteroatoms. The summed E-state index contributed by atoms with van der Waals surface area (Å²) in [4.78, 5) is 16.2. The molecule has 2 aliphatic heterocycles. The van der Waals surface area contributed by atoms with Gasteiger partial charge < -0.3 is 19.0 Å². The minimum Gasteiger partial charge on any atom is -0.438 e. The third-order valence-electron chi connectivity index (χ3n) is 4.15. The lowest BCUT2D eigenvalue weighted by Crippen LogP contribution is -2.47. The molecule has 1 aromatic heterocycles. The van der Waals surface area contributed by atoms with Crippen molar-refractivity contribution in [1.82, 2.24) is 14.1 Å². The summed E-state index contributed by atoms with van der Waals surface area (Å²) in [6.07, 6.45) is 0. The van der Waals surface area contributed by atoms with Gasteiger partial charge in [-0.2, -0.15) is 4.31 Å². The molecule has 23 heavy (non-hydrogen) atoms. The number of nitrogens with zero attached hydrogens (tertiary/aromatic N) is 3. The van der Waals surface area contributed by atoms with Gasteiger partial charge in [-0.15, -0.1) is 0 Å². The number of hydrogen-bond acceptors (Lipinski definition) is 6.